The summed E-state index contributed by atoms with van der Waals surface area (Å²) in [6.45, 7) is 14.2. The van der Waals surface area contributed by atoms with E-state index in [1.54, 1.807) is 4.90 Å². The molecule has 2 atom stereocenters. The van der Waals surface area contributed by atoms with Crippen LogP contribution >= 0.6 is 0 Å². The highest BCUT2D eigenvalue weighted by Gasteiger charge is 2.52. The van der Waals surface area contributed by atoms with E-state index in [0.717, 1.165) is 22.8 Å². The van der Waals surface area contributed by atoms with Crippen molar-refractivity contribution in [1.29, 1.82) is 0 Å². The lowest BCUT2D eigenvalue weighted by Gasteiger charge is -2.46. The first kappa shape index (κ1) is 29.6. The number of hydrogen-bond acceptors (Lipinski definition) is 6. The maximum Gasteiger partial charge on any atom is 0.494 e. The quantitative estimate of drug-likeness (QED) is 0.482. The van der Waals surface area contributed by atoms with Gasteiger partial charge in [0.2, 0.25) is 10.0 Å². The van der Waals surface area contributed by atoms with Gasteiger partial charge in [0.25, 0.3) is 0 Å². The average molecular weight is 557 g/mol. The van der Waals surface area contributed by atoms with Crippen molar-refractivity contribution in [2.45, 2.75) is 89.7 Å². The van der Waals surface area contributed by atoms with Gasteiger partial charge in [-0.1, -0.05) is 54.6 Å². The molecule has 4 rings (SSSR count). The van der Waals surface area contributed by atoms with Crippen LogP contribution in [0.25, 0.3) is 0 Å². The number of nitrogens with zero attached hydrogens (tertiary/aromatic N) is 1. The molecule has 1 N–H and O–H groups in total. The summed E-state index contributed by atoms with van der Waals surface area (Å²) in [6.07, 6.45) is 1.53. The van der Waals surface area contributed by atoms with Crippen molar-refractivity contribution >= 4 is 28.7 Å². The van der Waals surface area contributed by atoms with Crippen molar-refractivity contribution < 1.29 is 27.3 Å². The molecule has 2 aromatic carbocycles. The molecule has 0 unspecified atom stereocenters. The molecule has 0 bridgehead atoms. The van der Waals surface area contributed by atoms with Gasteiger partial charge in [-0.15, -0.1) is 0 Å². The summed E-state index contributed by atoms with van der Waals surface area (Å²) in [5.74, 6) is 0. The van der Waals surface area contributed by atoms with E-state index in [-0.39, 0.29) is 6.04 Å². The first-order chi connectivity index (χ1) is 17.9. The Morgan fingerprint density at radius 1 is 1.00 bits per heavy atom. The molecule has 2 saturated heterocycles. The molecule has 2 aliphatic heterocycles. The van der Waals surface area contributed by atoms with Gasteiger partial charge in [0, 0.05) is 24.9 Å². The highest BCUT2D eigenvalue weighted by atomic mass is 32.2. The molecule has 212 valence electrons. The van der Waals surface area contributed by atoms with E-state index in [1.807, 2.05) is 103 Å². The van der Waals surface area contributed by atoms with Gasteiger partial charge in [-0.3, -0.25) is 0 Å². The van der Waals surface area contributed by atoms with Crippen molar-refractivity contribution in [2.75, 3.05) is 12.8 Å². The molecule has 0 aliphatic carbocycles. The van der Waals surface area contributed by atoms with E-state index in [2.05, 4.69) is 4.72 Å². The van der Waals surface area contributed by atoms with Gasteiger partial charge in [-0.2, -0.15) is 0 Å². The molecule has 8 nitrogen and oxygen atoms in total. The van der Waals surface area contributed by atoms with Crippen molar-refractivity contribution in [1.82, 2.24) is 9.62 Å². The summed E-state index contributed by atoms with van der Waals surface area (Å²) in [7, 11) is -3.91. The molecule has 0 aromatic heterocycles. The number of rotatable bonds is 8. The number of cyclic esters (lactones) is 1. The number of carbonyl (C=O) groups excluding carboxylic acids is 1. The summed E-state index contributed by atoms with van der Waals surface area (Å²) in [4.78, 5) is 15.2. The first-order valence-corrected chi connectivity index (χ1v) is 15.3. The van der Waals surface area contributed by atoms with Gasteiger partial charge in [-0.05, 0) is 65.1 Å². The Balaban J connectivity index is 1.52. The van der Waals surface area contributed by atoms with Gasteiger partial charge in [-0.25, -0.2) is 17.9 Å². The molecule has 0 radical (unpaired) electrons. The molecule has 2 aliphatic rings. The standard InChI is InChI=1S/C29H41BN2O6S/c1-21(22-14-16-24(17-15-22)30-37-27(4,5)28(6,7)38-30)32-19-18-29(36-25(32)33,23-12-10-9-11-13-23)20-26(2,3)31-39(8,34)35/h9-17,21,31H,18-20H2,1-8H3/t21-,29-/m0/s1. The second-order valence-electron chi connectivity index (χ2n) is 12.5. The van der Waals surface area contributed by atoms with Crippen LogP contribution in [0.1, 0.15) is 78.5 Å². The lowest BCUT2D eigenvalue weighted by Crippen LogP contribution is -2.54. The Morgan fingerprint density at radius 3 is 2.08 bits per heavy atom. The third kappa shape index (κ3) is 6.35. The minimum Gasteiger partial charge on any atom is -0.438 e. The maximum absolute atomic E-state index is 13.5. The number of hydrogen-bond donors (Lipinski definition) is 1. The normalized spacial score (nSPS) is 23.9. The zero-order valence-electron chi connectivity index (χ0n) is 24.3. The Hall–Kier alpha value is -2.40. The second kappa shape index (κ2) is 10.2. The van der Waals surface area contributed by atoms with Gasteiger partial charge in [0.05, 0.1) is 23.5 Å². The van der Waals surface area contributed by atoms with Crippen LogP contribution in [0, 0.1) is 0 Å². The maximum atomic E-state index is 13.5. The number of sulfonamides is 1. The summed E-state index contributed by atoms with van der Waals surface area (Å²) >= 11 is 0. The summed E-state index contributed by atoms with van der Waals surface area (Å²) in [5, 5.41) is 0. The minimum absolute atomic E-state index is 0.222. The number of carbonyl (C=O) groups is 1. The van der Waals surface area contributed by atoms with E-state index >= 15 is 0 Å². The zero-order chi connectivity index (χ0) is 28.9. The second-order valence-corrected chi connectivity index (χ2v) is 14.3. The van der Waals surface area contributed by atoms with Crippen LogP contribution in [0.5, 0.6) is 0 Å². The van der Waals surface area contributed by atoms with Crippen LogP contribution in [-0.4, -0.2) is 56.1 Å². The van der Waals surface area contributed by atoms with Crippen molar-refractivity contribution in [3.8, 4) is 0 Å². The molecule has 2 aromatic rings. The van der Waals surface area contributed by atoms with Gasteiger partial charge >= 0.3 is 13.2 Å². The third-order valence-corrected chi connectivity index (χ3v) is 9.10. The van der Waals surface area contributed by atoms with Gasteiger partial charge in [0.15, 0.2) is 0 Å². The van der Waals surface area contributed by atoms with Crippen molar-refractivity contribution in [2.24, 2.45) is 0 Å². The van der Waals surface area contributed by atoms with Gasteiger partial charge < -0.3 is 18.9 Å². The molecule has 10 heteroatoms. The number of benzene rings is 2. The van der Waals surface area contributed by atoms with E-state index < -0.39 is 45.6 Å². The lowest BCUT2D eigenvalue weighted by molar-refractivity contribution is -0.0750. The fraction of sp³-hybridized carbons (Fsp3) is 0.552. The van der Waals surface area contributed by atoms with Crippen LogP contribution in [-0.2, 0) is 29.7 Å². The molecule has 0 saturated carbocycles. The summed E-state index contributed by atoms with van der Waals surface area (Å²) in [5.41, 5.74) is 0.112. The topological polar surface area (TPSA) is 94.2 Å². The first-order valence-electron chi connectivity index (χ1n) is 13.4. The molecule has 2 fully saturated rings. The van der Waals surface area contributed by atoms with Crippen LogP contribution < -0.4 is 10.2 Å². The molecule has 2 heterocycles. The van der Waals surface area contributed by atoms with Gasteiger partial charge in [0.1, 0.15) is 5.60 Å². The van der Waals surface area contributed by atoms with E-state index in [9.17, 15) is 13.2 Å². The van der Waals surface area contributed by atoms with Crippen LogP contribution in [0.4, 0.5) is 4.79 Å². The van der Waals surface area contributed by atoms with Crippen molar-refractivity contribution in [3.63, 3.8) is 0 Å². The Labute approximate surface area is 233 Å². The Bertz CT molecular complexity index is 1280. The fourth-order valence-corrected chi connectivity index (χ4v) is 6.61. The highest BCUT2D eigenvalue weighted by molar-refractivity contribution is 7.88. The van der Waals surface area contributed by atoms with Crippen molar-refractivity contribution in [3.05, 3.63) is 65.7 Å². The van der Waals surface area contributed by atoms with E-state index in [0.29, 0.717) is 19.4 Å². The number of amides is 1. The summed E-state index contributed by atoms with van der Waals surface area (Å²) < 4.78 is 45.3. The minimum atomic E-state index is -3.46. The summed E-state index contributed by atoms with van der Waals surface area (Å²) in [6, 6.07) is 17.3. The van der Waals surface area contributed by atoms with E-state index in [1.165, 1.54) is 0 Å². The third-order valence-electron chi connectivity index (χ3n) is 8.17. The number of ether oxygens (including phenoxy) is 1. The largest absolute Gasteiger partial charge is 0.494 e. The molecule has 39 heavy (non-hydrogen) atoms. The Morgan fingerprint density at radius 2 is 1.56 bits per heavy atom. The number of nitrogens with one attached hydrogen (secondary N) is 1. The van der Waals surface area contributed by atoms with Crippen LogP contribution in [0.15, 0.2) is 54.6 Å². The SMILES string of the molecule is C[C@@H](c1ccc(B2OC(C)(C)C(C)(C)O2)cc1)N1CC[C@](CC(C)(C)NS(C)(=O)=O)(c2ccccc2)OC1=O. The predicted molar refractivity (Wildman–Crippen MR) is 153 cm³/mol. The highest BCUT2D eigenvalue weighted by Crippen LogP contribution is 2.42. The molecular formula is C29H41BN2O6S. The fourth-order valence-electron chi connectivity index (χ4n) is 5.54. The molecule has 0 spiro atoms. The lowest BCUT2D eigenvalue weighted by atomic mass is 9.78. The molecule has 1 amide bonds. The zero-order valence-corrected chi connectivity index (χ0v) is 25.1. The molecular weight excluding hydrogens is 515 g/mol. The monoisotopic (exact) mass is 556 g/mol. The smallest absolute Gasteiger partial charge is 0.438 e. The van der Waals surface area contributed by atoms with Crippen LogP contribution in [0.3, 0.4) is 0 Å². The Kier molecular flexibility index (Phi) is 7.75. The predicted octanol–water partition coefficient (Wildman–Crippen LogP) is 4.50. The van der Waals surface area contributed by atoms with Crippen LogP contribution in [0.2, 0.25) is 0 Å². The van der Waals surface area contributed by atoms with E-state index in [4.69, 9.17) is 14.0 Å². The average Bonchev–Trinajstić information content (AvgIpc) is 3.04.